The smallest absolute Gasteiger partial charge is 0.321 e. The van der Waals surface area contributed by atoms with Gasteiger partial charge in [-0.2, -0.15) is 0 Å². The van der Waals surface area contributed by atoms with Gasteiger partial charge in [0.2, 0.25) is 0 Å². The zero-order valence-electron chi connectivity index (χ0n) is 7.37. The summed E-state index contributed by atoms with van der Waals surface area (Å²) in [5.74, 6) is -0.209. The van der Waals surface area contributed by atoms with E-state index in [9.17, 15) is 4.79 Å². The second kappa shape index (κ2) is 4.63. The van der Waals surface area contributed by atoms with Crippen LogP contribution in [0.15, 0.2) is 10.5 Å². The van der Waals surface area contributed by atoms with E-state index in [-0.39, 0.29) is 5.37 Å². The van der Waals surface area contributed by atoms with E-state index < -0.39 is 12.0 Å². The molecule has 0 aliphatic carbocycles. The first-order valence-electron chi connectivity index (χ1n) is 4.13. The Morgan fingerprint density at radius 1 is 1.73 bits per heavy atom. The molecule has 0 amide bonds. The molecular formula is C8H7BrClNO2S2. The van der Waals surface area contributed by atoms with Gasteiger partial charge in [0.1, 0.15) is 10.4 Å². The van der Waals surface area contributed by atoms with E-state index in [0.717, 1.165) is 9.35 Å². The Kier molecular flexibility index (Phi) is 3.62. The molecule has 7 heteroatoms. The Bertz CT molecular complexity index is 378. The van der Waals surface area contributed by atoms with Crippen molar-refractivity contribution in [3.8, 4) is 0 Å². The van der Waals surface area contributed by atoms with Gasteiger partial charge in [0.25, 0.3) is 0 Å². The second-order valence-electron chi connectivity index (χ2n) is 3.04. The Labute approximate surface area is 108 Å². The number of thiophene rings is 1. The van der Waals surface area contributed by atoms with Gasteiger partial charge in [-0.15, -0.1) is 23.1 Å². The van der Waals surface area contributed by atoms with Crippen LogP contribution in [-0.4, -0.2) is 22.9 Å². The molecule has 2 heterocycles. The van der Waals surface area contributed by atoms with Gasteiger partial charge in [0.05, 0.1) is 5.37 Å². The van der Waals surface area contributed by atoms with E-state index >= 15 is 0 Å². The lowest BCUT2D eigenvalue weighted by atomic mass is 10.3. The molecule has 0 spiro atoms. The van der Waals surface area contributed by atoms with Crippen LogP contribution in [0.1, 0.15) is 10.3 Å². The molecule has 1 aliphatic rings. The van der Waals surface area contributed by atoms with Gasteiger partial charge in [-0.05, 0) is 22.0 Å². The Morgan fingerprint density at radius 2 is 2.47 bits per heavy atom. The molecule has 0 bridgehead atoms. The third-order valence-corrected chi connectivity index (χ3v) is 5.94. The topological polar surface area (TPSA) is 49.3 Å². The highest BCUT2D eigenvalue weighted by molar-refractivity contribution is 9.10. The number of nitrogens with one attached hydrogen (secondary N) is 1. The van der Waals surface area contributed by atoms with Crippen molar-refractivity contribution in [1.82, 2.24) is 5.32 Å². The molecule has 15 heavy (non-hydrogen) atoms. The fraction of sp³-hybridized carbons (Fsp3) is 0.375. The number of carbonyl (C=O) groups is 1. The van der Waals surface area contributed by atoms with Crippen molar-refractivity contribution in [2.75, 3.05) is 5.75 Å². The number of rotatable bonds is 2. The fourth-order valence-corrected chi connectivity index (χ4v) is 4.41. The third-order valence-electron chi connectivity index (χ3n) is 2.00. The summed E-state index contributed by atoms with van der Waals surface area (Å²) in [4.78, 5) is 11.8. The third kappa shape index (κ3) is 2.50. The molecule has 0 saturated carbocycles. The van der Waals surface area contributed by atoms with Gasteiger partial charge in [-0.3, -0.25) is 10.1 Å². The zero-order valence-corrected chi connectivity index (χ0v) is 11.3. The largest absolute Gasteiger partial charge is 0.480 e. The monoisotopic (exact) mass is 327 g/mol. The van der Waals surface area contributed by atoms with E-state index in [1.54, 1.807) is 11.8 Å². The van der Waals surface area contributed by atoms with Crippen LogP contribution in [0.2, 0.25) is 4.34 Å². The molecule has 1 aromatic rings. The van der Waals surface area contributed by atoms with Crippen molar-refractivity contribution in [2.24, 2.45) is 0 Å². The molecule has 2 N–H and O–H groups in total. The highest BCUT2D eigenvalue weighted by Crippen LogP contribution is 2.41. The number of thioether (sulfide) groups is 1. The lowest BCUT2D eigenvalue weighted by Gasteiger charge is -2.07. The van der Waals surface area contributed by atoms with Crippen molar-refractivity contribution in [2.45, 2.75) is 11.4 Å². The SMILES string of the molecule is O=C(O)[C@H]1CSC(c2cc(Br)c(Cl)s2)N1. The summed E-state index contributed by atoms with van der Waals surface area (Å²) >= 11 is 12.3. The number of carboxylic acid groups (broad SMARTS) is 1. The van der Waals surface area contributed by atoms with Crippen LogP contribution in [0, 0.1) is 0 Å². The van der Waals surface area contributed by atoms with E-state index in [2.05, 4.69) is 21.2 Å². The van der Waals surface area contributed by atoms with Gasteiger partial charge in [-0.25, -0.2) is 0 Å². The summed E-state index contributed by atoms with van der Waals surface area (Å²) < 4.78 is 1.57. The first-order valence-corrected chi connectivity index (χ1v) is 7.16. The van der Waals surface area contributed by atoms with Crippen LogP contribution in [-0.2, 0) is 4.79 Å². The Morgan fingerprint density at radius 3 is 2.93 bits per heavy atom. The minimum Gasteiger partial charge on any atom is -0.480 e. The van der Waals surface area contributed by atoms with Gasteiger partial charge in [0.15, 0.2) is 0 Å². The lowest BCUT2D eigenvalue weighted by molar-refractivity contribution is -0.138. The highest BCUT2D eigenvalue weighted by Gasteiger charge is 2.31. The van der Waals surface area contributed by atoms with Gasteiger partial charge < -0.3 is 5.11 Å². The molecule has 1 aliphatic heterocycles. The molecule has 1 fully saturated rings. The van der Waals surface area contributed by atoms with Crippen molar-refractivity contribution < 1.29 is 9.90 Å². The fourth-order valence-electron chi connectivity index (χ4n) is 1.27. The lowest BCUT2D eigenvalue weighted by Crippen LogP contribution is -2.33. The normalized spacial score (nSPS) is 25.7. The number of aliphatic carboxylic acids is 1. The Hall–Kier alpha value is 0.250. The Balaban J connectivity index is 2.11. The molecule has 82 valence electrons. The average molecular weight is 329 g/mol. The van der Waals surface area contributed by atoms with E-state index in [0.29, 0.717) is 10.1 Å². The quantitative estimate of drug-likeness (QED) is 0.876. The molecule has 3 nitrogen and oxygen atoms in total. The maximum absolute atomic E-state index is 10.7. The van der Waals surface area contributed by atoms with Crippen molar-refractivity contribution >= 4 is 56.6 Å². The van der Waals surface area contributed by atoms with E-state index in [1.165, 1.54) is 11.3 Å². The standard InChI is InChI=1S/C8H7BrClNO2S2/c9-3-1-5(15-6(3)10)7-11-4(2-14-7)8(12)13/h1,4,7,11H,2H2,(H,12,13)/t4-,7?/m1/s1. The minimum atomic E-state index is -0.799. The van der Waals surface area contributed by atoms with Crippen LogP contribution >= 0.6 is 50.6 Å². The first-order chi connectivity index (χ1) is 7.08. The molecule has 2 rings (SSSR count). The maximum atomic E-state index is 10.7. The van der Waals surface area contributed by atoms with Crippen LogP contribution in [0.4, 0.5) is 0 Å². The first kappa shape index (κ1) is 11.7. The summed E-state index contributed by atoms with van der Waals surface area (Å²) in [5, 5.41) is 11.9. The zero-order chi connectivity index (χ0) is 11.0. The average Bonchev–Trinajstić information content (AvgIpc) is 2.74. The number of hydrogen-bond acceptors (Lipinski definition) is 4. The number of halogens is 2. The summed E-state index contributed by atoms with van der Waals surface area (Å²) in [6, 6.07) is 1.47. The van der Waals surface area contributed by atoms with Gasteiger partial charge in [0, 0.05) is 15.1 Å². The van der Waals surface area contributed by atoms with Crippen molar-refractivity contribution in [1.29, 1.82) is 0 Å². The van der Waals surface area contributed by atoms with Gasteiger partial charge >= 0.3 is 5.97 Å². The maximum Gasteiger partial charge on any atom is 0.321 e. The predicted octanol–water partition coefficient (Wildman–Crippen LogP) is 2.95. The number of hydrogen-bond donors (Lipinski definition) is 2. The molecule has 1 aromatic heterocycles. The number of carboxylic acids is 1. The van der Waals surface area contributed by atoms with Crippen molar-refractivity contribution in [3.63, 3.8) is 0 Å². The molecule has 1 unspecified atom stereocenters. The summed E-state index contributed by atoms with van der Waals surface area (Å²) in [5.41, 5.74) is 0. The molecule has 0 radical (unpaired) electrons. The highest BCUT2D eigenvalue weighted by atomic mass is 79.9. The van der Waals surface area contributed by atoms with Crippen molar-refractivity contribution in [3.05, 3.63) is 19.8 Å². The summed E-state index contributed by atoms with van der Waals surface area (Å²) in [6.45, 7) is 0. The predicted molar refractivity (Wildman–Crippen MR) is 66.8 cm³/mol. The molecular weight excluding hydrogens is 322 g/mol. The minimum absolute atomic E-state index is 0.0416. The molecule has 1 saturated heterocycles. The van der Waals surface area contributed by atoms with Gasteiger partial charge in [-0.1, -0.05) is 11.6 Å². The molecule has 0 aromatic carbocycles. The molecule has 2 atom stereocenters. The van der Waals surface area contributed by atoms with E-state index in [4.69, 9.17) is 16.7 Å². The summed E-state index contributed by atoms with van der Waals surface area (Å²) in [6.07, 6.45) is 0. The van der Waals surface area contributed by atoms with Crippen LogP contribution in [0.5, 0.6) is 0 Å². The van der Waals surface area contributed by atoms with E-state index in [1.807, 2.05) is 6.07 Å². The second-order valence-corrected chi connectivity index (χ2v) is 6.72. The van der Waals surface area contributed by atoms with Crippen LogP contribution in [0.3, 0.4) is 0 Å². The van der Waals surface area contributed by atoms with Crippen LogP contribution in [0.25, 0.3) is 0 Å². The van der Waals surface area contributed by atoms with Crippen LogP contribution < -0.4 is 5.32 Å². The summed E-state index contributed by atoms with van der Waals surface area (Å²) in [7, 11) is 0.